The Morgan fingerprint density at radius 2 is 1.78 bits per heavy atom. The second-order valence-electron chi connectivity index (χ2n) is 7.95. The van der Waals surface area contributed by atoms with E-state index in [-0.39, 0.29) is 29.4 Å². The lowest BCUT2D eigenvalue weighted by Crippen LogP contribution is -2.15. The van der Waals surface area contributed by atoms with Crippen molar-refractivity contribution < 1.29 is 19.3 Å². The second-order valence-corrected chi connectivity index (χ2v) is 7.95. The minimum atomic E-state index is -0.803. The molecule has 1 aromatic heterocycles. The molecule has 0 saturated carbocycles. The normalized spacial score (nSPS) is 11.8. The number of nitrogens with two attached hydrogens (primary N) is 1. The smallest absolute Gasteiger partial charge is 0.385 e. The maximum absolute atomic E-state index is 12.2. The van der Waals surface area contributed by atoms with Gasteiger partial charge in [0.25, 0.3) is 5.69 Å². The first-order valence-corrected chi connectivity index (χ1v) is 9.70. The standard InChI is InChI=1S/C22H23N5O5/c1-22(2,3)16-6-10-18(11-7-16)31-14-26-13-12-19(24-26)21(28)32-25-20(23)15-4-8-17(9-5-15)27(29)30/h4-13H,14H2,1-3H3,(H2,23,25). The number of amidine groups is 1. The topological polar surface area (TPSA) is 135 Å². The number of nitrogens with zero attached hydrogens (tertiary/aromatic N) is 4. The zero-order valence-corrected chi connectivity index (χ0v) is 17.9. The Morgan fingerprint density at radius 1 is 1.12 bits per heavy atom. The molecule has 2 N–H and O–H groups in total. The van der Waals surface area contributed by atoms with E-state index in [4.69, 9.17) is 15.3 Å². The van der Waals surface area contributed by atoms with Crippen LogP contribution >= 0.6 is 0 Å². The van der Waals surface area contributed by atoms with Crippen LogP contribution in [0.4, 0.5) is 5.69 Å². The minimum Gasteiger partial charge on any atom is -0.471 e. The summed E-state index contributed by atoms with van der Waals surface area (Å²) in [6, 6.07) is 14.6. The van der Waals surface area contributed by atoms with E-state index in [0.717, 1.165) is 0 Å². The summed E-state index contributed by atoms with van der Waals surface area (Å²) in [4.78, 5) is 27.1. The number of ether oxygens (including phenoxy) is 1. The van der Waals surface area contributed by atoms with Gasteiger partial charge in [0.2, 0.25) is 0 Å². The van der Waals surface area contributed by atoms with Crippen LogP contribution in [0.2, 0.25) is 0 Å². The van der Waals surface area contributed by atoms with Crippen LogP contribution in [0.15, 0.2) is 65.9 Å². The molecule has 0 fully saturated rings. The van der Waals surface area contributed by atoms with E-state index < -0.39 is 10.9 Å². The number of carbonyl (C=O) groups excluding carboxylic acids is 1. The summed E-state index contributed by atoms with van der Waals surface area (Å²) in [6.45, 7) is 6.51. The highest BCUT2D eigenvalue weighted by atomic mass is 16.7. The van der Waals surface area contributed by atoms with Crippen molar-refractivity contribution >= 4 is 17.5 Å². The van der Waals surface area contributed by atoms with E-state index >= 15 is 0 Å². The largest absolute Gasteiger partial charge is 0.471 e. The first-order valence-electron chi connectivity index (χ1n) is 9.70. The summed E-state index contributed by atoms with van der Waals surface area (Å²) in [5.41, 5.74) is 7.33. The summed E-state index contributed by atoms with van der Waals surface area (Å²) in [6.07, 6.45) is 1.57. The quantitative estimate of drug-likeness (QED) is 0.196. The molecule has 32 heavy (non-hydrogen) atoms. The number of rotatable bonds is 7. The van der Waals surface area contributed by atoms with Crippen LogP contribution in [0.1, 0.15) is 42.4 Å². The van der Waals surface area contributed by atoms with Gasteiger partial charge in [-0.15, -0.1) is 0 Å². The predicted octanol–water partition coefficient (Wildman–Crippen LogP) is 3.60. The van der Waals surface area contributed by atoms with Gasteiger partial charge in [-0.1, -0.05) is 38.1 Å². The lowest BCUT2D eigenvalue weighted by Gasteiger charge is -2.19. The van der Waals surface area contributed by atoms with Gasteiger partial charge in [-0.05, 0) is 41.3 Å². The molecule has 0 radical (unpaired) electrons. The van der Waals surface area contributed by atoms with Gasteiger partial charge in [0.05, 0.1) is 4.92 Å². The van der Waals surface area contributed by atoms with Crippen molar-refractivity contribution in [1.29, 1.82) is 0 Å². The van der Waals surface area contributed by atoms with E-state index in [9.17, 15) is 14.9 Å². The maximum Gasteiger partial charge on any atom is 0.385 e. The Morgan fingerprint density at radius 3 is 2.38 bits per heavy atom. The van der Waals surface area contributed by atoms with Crippen LogP contribution in [0.25, 0.3) is 0 Å². The van der Waals surface area contributed by atoms with Crippen LogP contribution in [-0.2, 0) is 17.0 Å². The Balaban J connectivity index is 1.56. The van der Waals surface area contributed by atoms with Gasteiger partial charge in [-0.25, -0.2) is 9.48 Å². The highest BCUT2D eigenvalue weighted by Crippen LogP contribution is 2.24. The molecule has 0 saturated heterocycles. The molecule has 2 aromatic carbocycles. The SMILES string of the molecule is CC(C)(C)c1ccc(OCn2ccc(C(=O)O/N=C(\N)c3ccc([N+](=O)[O-])cc3)n2)cc1. The number of nitro groups is 1. The number of nitro benzene ring substituents is 1. The number of benzene rings is 2. The summed E-state index contributed by atoms with van der Waals surface area (Å²) in [5, 5.41) is 18.4. The molecular weight excluding hydrogens is 414 g/mol. The van der Waals surface area contributed by atoms with Crippen molar-refractivity contribution in [3.8, 4) is 5.75 Å². The highest BCUT2D eigenvalue weighted by Gasteiger charge is 2.14. The van der Waals surface area contributed by atoms with Crippen molar-refractivity contribution in [2.45, 2.75) is 32.9 Å². The highest BCUT2D eigenvalue weighted by molar-refractivity contribution is 5.98. The molecule has 3 aromatic rings. The lowest BCUT2D eigenvalue weighted by molar-refractivity contribution is -0.384. The minimum absolute atomic E-state index is 0.0249. The van der Waals surface area contributed by atoms with Gasteiger partial charge in [0, 0.05) is 23.9 Å². The summed E-state index contributed by atoms with van der Waals surface area (Å²) >= 11 is 0. The molecule has 0 bridgehead atoms. The van der Waals surface area contributed by atoms with Crippen molar-refractivity contribution in [1.82, 2.24) is 9.78 Å². The van der Waals surface area contributed by atoms with Crippen molar-refractivity contribution in [3.05, 3.63) is 87.7 Å². The molecule has 0 aliphatic heterocycles. The van der Waals surface area contributed by atoms with Crippen molar-refractivity contribution in [3.63, 3.8) is 0 Å². The van der Waals surface area contributed by atoms with Crippen LogP contribution in [0.5, 0.6) is 5.75 Å². The third-order valence-corrected chi connectivity index (χ3v) is 4.53. The van der Waals surface area contributed by atoms with Gasteiger partial charge >= 0.3 is 5.97 Å². The van der Waals surface area contributed by atoms with Crippen LogP contribution in [0, 0.1) is 10.1 Å². The zero-order valence-electron chi connectivity index (χ0n) is 17.9. The van der Waals surface area contributed by atoms with Crippen molar-refractivity contribution in [2.75, 3.05) is 0 Å². The third-order valence-electron chi connectivity index (χ3n) is 4.53. The second kappa shape index (κ2) is 9.29. The van der Waals surface area contributed by atoms with Gasteiger partial charge in [-0.3, -0.25) is 10.1 Å². The fourth-order valence-corrected chi connectivity index (χ4v) is 2.68. The monoisotopic (exact) mass is 437 g/mol. The third kappa shape index (κ3) is 5.69. The number of aromatic nitrogens is 2. The molecule has 0 unspecified atom stereocenters. The maximum atomic E-state index is 12.2. The molecule has 166 valence electrons. The van der Waals surface area contributed by atoms with E-state index in [1.807, 2.05) is 24.3 Å². The van der Waals surface area contributed by atoms with Crippen LogP contribution in [-0.4, -0.2) is 26.5 Å². The molecular formula is C22H23N5O5. The molecule has 0 amide bonds. The molecule has 10 nitrogen and oxygen atoms in total. The average molecular weight is 437 g/mol. The number of carbonyl (C=O) groups is 1. The van der Waals surface area contributed by atoms with Gasteiger partial charge in [-0.2, -0.15) is 5.10 Å². The lowest BCUT2D eigenvalue weighted by atomic mass is 9.87. The Kier molecular flexibility index (Phi) is 6.53. The molecule has 1 heterocycles. The number of hydrogen-bond donors (Lipinski definition) is 1. The van der Waals surface area contributed by atoms with Crippen molar-refractivity contribution in [2.24, 2.45) is 10.9 Å². The molecule has 3 rings (SSSR count). The summed E-state index contributed by atoms with van der Waals surface area (Å²) < 4.78 is 7.13. The Hall–Kier alpha value is -4.21. The average Bonchev–Trinajstić information content (AvgIpc) is 3.25. The number of non-ortho nitro benzene ring substituents is 1. The Bertz CT molecular complexity index is 1130. The predicted molar refractivity (Wildman–Crippen MR) is 117 cm³/mol. The van der Waals surface area contributed by atoms with Gasteiger partial charge < -0.3 is 15.3 Å². The summed E-state index contributed by atoms with van der Waals surface area (Å²) in [7, 11) is 0. The molecule has 0 atom stereocenters. The van der Waals surface area contributed by atoms with Crippen LogP contribution < -0.4 is 10.5 Å². The molecule has 0 spiro atoms. The first kappa shape index (κ1) is 22.5. The van der Waals surface area contributed by atoms with Crippen LogP contribution in [0.3, 0.4) is 0 Å². The van der Waals surface area contributed by atoms with E-state index in [0.29, 0.717) is 11.3 Å². The number of oxime groups is 1. The fraction of sp³-hybridized carbons (Fsp3) is 0.227. The van der Waals surface area contributed by atoms with E-state index in [1.54, 1.807) is 6.20 Å². The molecule has 0 aliphatic rings. The molecule has 10 heteroatoms. The number of hydrogen-bond acceptors (Lipinski definition) is 7. The first-order chi connectivity index (χ1) is 15.1. The molecule has 0 aliphatic carbocycles. The van der Waals surface area contributed by atoms with E-state index in [1.165, 1.54) is 40.6 Å². The van der Waals surface area contributed by atoms with E-state index in [2.05, 4.69) is 31.0 Å². The summed E-state index contributed by atoms with van der Waals surface area (Å²) in [5.74, 6) is -0.226. The Labute approximate surface area is 184 Å². The van der Waals surface area contributed by atoms with Gasteiger partial charge in [0.1, 0.15) is 5.75 Å². The van der Waals surface area contributed by atoms with Gasteiger partial charge in [0.15, 0.2) is 18.3 Å². The fourth-order valence-electron chi connectivity index (χ4n) is 2.68. The zero-order chi connectivity index (χ0) is 23.3.